The summed E-state index contributed by atoms with van der Waals surface area (Å²) in [5, 5.41) is 5.16. The molecule has 2 aromatic rings. The van der Waals surface area contributed by atoms with E-state index in [1.165, 1.54) is 0 Å². The number of hydrogen-bond donors (Lipinski definition) is 3. The highest BCUT2D eigenvalue weighted by molar-refractivity contribution is 6.38. The SMILES string of the molecule is O=C1CC2=C3NC(=Cc4ccc([nH]4)C=c4ccc([nH]4)=CC4C=C1C2=N4)CC3=O. The standard InChI is InChI=1S/C22H16N4O2/c27-19-10-18-21-17(19)8-15(25-21)6-13-3-1-11(23-13)5-12-2-4-14(24-12)7-16-9-20(28)22(18)26-16/h1-8,15,23-24,26H,9-10H2. The molecule has 1 unspecified atom stereocenters. The van der Waals surface area contributed by atoms with Gasteiger partial charge in [0.2, 0.25) is 0 Å². The van der Waals surface area contributed by atoms with Gasteiger partial charge in [-0.05, 0) is 48.6 Å². The molecule has 6 rings (SSSR count). The summed E-state index contributed by atoms with van der Waals surface area (Å²) in [4.78, 5) is 36.6. The molecule has 6 heteroatoms. The predicted octanol–water partition coefficient (Wildman–Crippen LogP) is 0.845. The molecule has 28 heavy (non-hydrogen) atoms. The molecule has 2 aromatic heterocycles. The number of allylic oxidation sites excluding steroid dienone is 4. The summed E-state index contributed by atoms with van der Waals surface area (Å²) in [5.74, 6) is 0.0292. The van der Waals surface area contributed by atoms with Crippen molar-refractivity contribution in [3.8, 4) is 0 Å². The maximum absolute atomic E-state index is 12.6. The summed E-state index contributed by atoms with van der Waals surface area (Å²) >= 11 is 0. The molecular formula is C22H16N4O2. The van der Waals surface area contributed by atoms with Crippen molar-refractivity contribution >= 4 is 35.5 Å². The minimum atomic E-state index is -0.215. The lowest BCUT2D eigenvalue weighted by Crippen LogP contribution is -2.13. The molecule has 136 valence electrons. The number of ketones is 2. The number of fused-ring (bicyclic) bond motifs is 7. The summed E-state index contributed by atoms with van der Waals surface area (Å²) < 4.78 is 0. The van der Waals surface area contributed by atoms with Gasteiger partial charge in [0.15, 0.2) is 11.6 Å². The zero-order valence-corrected chi connectivity index (χ0v) is 14.9. The Morgan fingerprint density at radius 3 is 2.57 bits per heavy atom. The van der Waals surface area contributed by atoms with Crippen molar-refractivity contribution in [1.82, 2.24) is 15.3 Å². The second-order valence-corrected chi connectivity index (χ2v) is 7.45. The zero-order valence-electron chi connectivity index (χ0n) is 14.9. The number of Topliss-reactive ketones (excluding diaryl/α,β-unsaturated/α-hetero) is 2. The summed E-state index contributed by atoms with van der Waals surface area (Å²) in [6.07, 6.45) is 8.38. The molecular weight excluding hydrogens is 352 g/mol. The number of hydrogen-bond acceptors (Lipinski definition) is 4. The van der Waals surface area contributed by atoms with Gasteiger partial charge >= 0.3 is 0 Å². The largest absolute Gasteiger partial charge is 0.356 e. The molecule has 6 nitrogen and oxygen atoms in total. The third kappa shape index (κ3) is 2.31. The Balaban J connectivity index is 1.60. The third-order valence-corrected chi connectivity index (χ3v) is 5.46. The number of carbonyl (C=O) groups is 2. The molecule has 0 aromatic carbocycles. The minimum Gasteiger partial charge on any atom is -0.356 e. The van der Waals surface area contributed by atoms with Gasteiger partial charge in [-0.3, -0.25) is 14.6 Å². The number of rotatable bonds is 0. The zero-order chi connectivity index (χ0) is 18.8. The molecule has 2 fully saturated rings. The molecule has 1 saturated carbocycles. The van der Waals surface area contributed by atoms with E-state index in [1.54, 1.807) is 0 Å². The van der Waals surface area contributed by atoms with E-state index in [9.17, 15) is 9.59 Å². The number of aliphatic imine (C=N–C) groups is 1. The van der Waals surface area contributed by atoms with Crippen molar-refractivity contribution in [2.75, 3.05) is 0 Å². The maximum Gasteiger partial charge on any atom is 0.185 e. The van der Waals surface area contributed by atoms with Gasteiger partial charge in [0.1, 0.15) is 0 Å². The average Bonchev–Trinajstić information content (AvgIpc) is 3.43. The van der Waals surface area contributed by atoms with Gasteiger partial charge in [-0.1, -0.05) is 0 Å². The highest BCUT2D eigenvalue weighted by Crippen LogP contribution is 2.34. The Bertz CT molecular complexity index is 1330. The number of H-pyrrole nitrogens is 2. The van der Waals surface area contributed by atoms with E-state index in [4.69, 9.17) is 4.99 Å². The van der Waals surface area contributed by atoms with Crippen LogP contribution in [0.3, 0.4) is 0 Å². The van der Waals surface area contributed by atoms with E-state index in [2.05, 4.69) is 15.3 Å². The van der Waals surface area contributed by atoms with Crippen molar-refractivity contribution in [2.24, 2.45) is 4.99 Å². The Morgan fingerprint density at radius 1 is 0.857 bits per heavy atom. The Morgan fingerprint density at radius 2 is 1.68 bits per heavy atom. The van der Waals surface area contributed by atoms with Gasteiger partial charge in [-0.25, -0.2) is 0 Å². The van der Waals surface area contributed by atoms with Gasteiger partial charge in [0.25, 0.3) is 0 Å². The van der Waals surface area contributed by atoms with Crippen LogP contribution in [0.15, 0.2) is 57.9 Å². The van der Waals surface area contributed by atoms with Crippen LogP contribution in [0.4, 0.5) is 0 Å². The summed E-state index contributed by atoms with van der Waals surface area (Å²) in [6.45, 7) is 0. The highest BCUT2D eigenvalue weighted by atomic mass is 16.1. The van der Waals surface area contributed by atoms with Crippen LogP contribution >= 0.6 is 0 Å². The minimum absolute atomic E-state index is 0.00155. The molecule has 0 spiro atoms. The topological polar surface area (TPSA) is 90.1 Å². The molecule has 0 amide bonds. The van der Waals surface area contributed by atoms with Gasteiger partial charge in [-0.15, -0.1) is 0 Å². The first-order valence-corrected chi connectivity index (χ1v) is 9.27. The summed E-state index contributed by atoms with van der Waals surface area (Å²) in [5.41, 5.74) is 5.24. The third-order valence-electron chi connectivity index (χ3n) is 5.46. The van der Waals surface area contributed by atoms with E-state index in [1.807, 2.05) is 48.6 Å². The Hall–Kier alpha value is -3.67. The second-order valence-electron chi connectivity index (χ2n) is 7.45. The molecule has 1 saturated heterocycles. The lowest BCUT2D eigenvalue weighted by Gasteiger charge is -2.05. The maximum atomic E-state index is 12.6. The number of nitrogens with zero attached hydrogens (tertiary/aromatic N) is 1. The summed E-state index contributed by atoms with van der Waals surface area (Å²) in [6, 6.07) is 7.78. The highest BCUT2D eigenvalue weighted by Gasteiger charge is 2.38. The van der Waals surface area contributed by atoms with Crippen LogP contribution < -0.4 is 16.0 Å². The quantitative estimate of drug-likeness (QED) is 0.644. The molecule has 0 radical (unpaired) electrons. The van der Waals surface area contributed by atoms with Crippen molar-refractivity contribution in [3.05, 3.63) is 75.0 Å². The number of aromatic nitrogens is 2. The van der Waals surface area contributed by atoms with E-state index in [-0.39, 0.29) is 24.0 Å². The van der Waals surface area contributed by atoms with E-state index in [0.29, 0.717) is 23.4 Å². The molecule has 3 N–H and O–H groups in total. The lowest BCUT2D eigenvalue weighted by atomic mass is 10.1. The Kier molecular flexibility index (Phi) is 2.98. The van der Waals surface area contributed by atoms with Gasteiger partial charge < -0.3 is 15.3 Å². The second kappa shape index (κ2) is 5.42. The molecule has 4 aliphatic rings. The summed E-state index contributed by atoms with van der Waals surface area (Å²) in [7, 11) is 0. The first kappa shape index (κ1) is 15.4. The molecule has 8 bridgehead atoms. The monoisotopic (exact) mass is 368 g/mol. The smallest absolute Gasteiger partial charge is 0.185 e. The molecule has 1 atom stereocenters. The Labute approximate surface area is 159 Å². The van der Waals surface area contributed by atoms with Crippen LogP contribution in [0.1, 0.15) is 24.2 Å². The van der Waals surface area contributed by atoms with Crippen molar-refractivity contribution in [2.45, 2.75) is 18.9 Å². The van der Waals surface area contributed by atoms with Gasteiger partial charge in [-0.2, -0.15) is 0 Å². The van der Waals surface area contributed by atoms with Crippen LogP contribution in [0.5, 0.6) is 0 Å². The average molecular weight is 368 g/mol. The molecule has 3 aliphatic heterocycles. The fourth-order valence-corrected chi connectivity index (χ4v) is 4.22. The lowest BCUT2D eigenvalue weighted by molar-refractivity contribution is -0.114. The number of carbonyl (C=O) groups excluding carboxylic acids is 2. The van der Waals surface area contributed by atoms with Crippen LogP contribution in [0.25, 0.3) is 18.2 Å². The first-order chi connectivity index (χ1) is 13.6. The fourth-order valence-electron chi connectivity index (χ4n) is 4.22. The molecule has 5 heterocycles. The first-order valence-electron chi connectivity index (χ1n) is 9.27. The number of aromatic amines is 2. The fraction of sp³-hybridized carbons (Fsp3) is 0.136. The van der Waals surface area contributed by atoms with Gasteiger partial charge in [0.05, 0.1) is 23.9 Å². The van der Waals surface area contributed by atoms with Crippen LogP contribution in [-0.2, 0) is 9.59 Å². The van der Waals surface area contributed by atoms with E-state index in [0.717, 1.165) is 33.4 Å². The van der Waals surface area contributed by atoms with Crippen molar-refractivity contribution < 1.29 is 9.59 Å². The van der Waals surface area contributed by atoms with Crippen LogP contribution in [-0.4, -0.2) is 33.3 Å². The van der Waals surface area contributed by atoms with Gasteiger partial charge in [0, 0.05) is 45.4 Å². The van der Waals surface area contributed by atoms with Crippen molar-refractivity contribution in [3.63, 3.8) is 0 Å². The predicted molar refractivity (Wildman–Crippen MR) is 106 cm³/mol. The number of nitrogens with one attached hydrogen (secondary N) is 3. The van der Waals surface area contributed by atoms with E-state index >= 15 is 0 Å². The van der Waals surface area contributed by atoms with Crippen LogP contribution in [0, 0.1) is 0 Å². The normalized spacial score (nSPS) is 22.4. The van der Waals surface area contributed by atoms with E-state index < -0.39 is 0 Å². The van der Waals surface area contributed by atoms with Crippen LogP contribution in [0.2, 0.25) is 0 Å². The molecule has 1 aliphatic carbocycles. The van der Waals surface area contributed by atoms with Crippen molar-refractivity contribution in [1.29, 1.82) is 0 Å².